The van der Waals surface area contributed by atoms with Crippen molar-refractivity contribution in [2.45, 2.75) is 17.7 Å². The fourth-order valence-corrected chi connectivity index (χ4v) is 2.36. The Labute approximate surface area is 90.2 Å². The molecule has 0 unspecified atom stereocenters. The lowest BCUT2D eigenvalue weighted by Crippen LogP contribution is -1.83. The third kappa shape index (κ3) is 2.45. The van der Waals surface area contributed by atoms with Crippen LogP contribution in [0.2, 0.25) is 0 Å². The lowest BCUT2D eigenvalue weighted by molar-refractivity contribution is -0.114. The highest BCUT2D eigenvalue weighted by molar-refractivity contribution is 8.03. The number of carbonyl (C=O) groups excluding carboxylic acids is 1. The van der Waals surface area contributed by atoms with Gasteiger partial charge in [-0.05, 0) is 35.6 Å². The molecule has 1 aliphatic rings. The molecule has 1 aliphatic carbocycles. The molecule has 0 saturated carbocycles. The number of halogens is 2. The van der Waals surface area contributed by atoms with Crippen molar-refractivity contribution in [2.75, 3.05) is 0 Å². The lowest BCUT2D eigenvalue weighted by atomic mass is 10.3. The summed E-state index contributed by atoms with van der Waals surface area (Å²) in [5.74, 6) is -0.875. The van der Waals surface area contributed by atoms with Crippen LogP contribution >= 0.6 is 11.8 Å². The summed E-state index contributed by atoms with van der Waals surface area (Å²) in [5.41, 5.74) is 0. The van der Waals surface area contributed by atoms with Gasteiger partial charge in [0.2, 0.25) is 0 Å². The van der Waals surface area contributed by atoms with Gasteiger partial charge in [-0.1, -0.05) is 11.8 Å². The molecule has 0 fully saturated rings. The first kappa shape index (κ1) is 10.4. The van der Waals surface area contributed by atoms with E-state index in [1.165, 1.54) is 6.08 Å². The third-order valence-electron chi connectivity index (χ3n) is 2.07. The highest BCUT2D eigenvalue weighted by Gasteiger charge is 2.15. The molecular formula is C11H8F2OS. The quantitative estimate of drug-likeness (QED) is 0.769. The van der Waals surface area contributed by atoms with Crippen molar-refractivity contribution in [1.82, 2.24) is 0 Å². The van der Waals surface area contributed by atoms with Crippen molar-refractivity contribution in [2.24, 2.45) is 0 Å². The Hall–Kier alpha value is -1.16. The number of hydrogen-bond acceptors (Lipinski definition) is 2. The van der Waals surface area contributed by atoms with Gasteiger partial charge in [-0.15, -0.1) is 0 Å². The molecule has 78 valence electrons. The van der Waals surface area contributed by atoms with E-state index in [0.29, 0.717) is 12.8 Å². The number of hydrogen-bond donors (Lipinski definition) is 0. The van der Waals surface area contributed by atoms with Crippen LogP contribution in [0.15, 0.2) is 34.1 Å². The summed E-state index contributed by atoms with van der Waals surface area (Å²) in [7, 11) is 0. The van der Waals surface area contributed by atoms with Gasteiger partial charge in [-0.25, -0.2) is 8.78 Å². The van der Waals surface area contributed by atoms with Gasteiger partial charge in [-0.3, -0.25) is 4.79 Å². The normalized spacial score (nSPS) is 15.6. The highest BCUT2D eigenvalue weighted by Crippen LogP contribution is 2.34. The predicted molar refractivity (Wildman–Crippen MR) is 54.5 cm³/mol. The number of carbonyl (C=O) groups is 1. The summed E-state index contributed by atoms with van der Waals surface area (Å²) in [6.45, 7) is 0. The van der Waals surface area contributed by atoms with Gasteiger partial charge < -0.3 is 0 Å². The summed E-state index contributed by atoms with van der Waals surface area (Å²) >= 11 is 1.12. The molecule has 0 spiro atoms. The second-order valence-corrected chi connectivity index (χ2v) is 4.42. The van der Waals surface area contributed by atoms with Crippen LogP contribution in [0.3, 0.4) is 0 Å². The molecule has 15 heavy (non-hydrogen) atoms. The molecular weight excluding hydrogens is 218 g/mol. The molecule has 0 amide bonds. The van der Waals surface area contributed by atoms with Gasteiger partial charge in [0.25, 0.3) is 0 Å². The molecule has 1 nitrogen and oxygen atoms in total. The van der Waals surface area contributed by atoms with Crippen molar-refractivity contribution in [3.63, 3.8) is 0 Å². The Morgan fingerprint density at radius 3 is 2.67 bits per heavy atom. The summed E-state index contributed by atoms with van der Waals surface area (Å²) in [4.78, 5) is 12.0. The van der Waals surface area contributed by atoms with Gasteiger partial charge in [0.15, 0.2) is 5.78 Å². The van der Waals surface area contributed by atoms with Crippen molar-refractivity contribution < 1.29 is 13.6 Å². The van der Waals surface area contributed by atoms with E-state index in [-0.39, 0.29) is 10.7 Å². The summed E-state index contributed by atoms with van der Waals surface area (Å²) < 4.78 is 26.1. The monoisotopic (exact) mass is 226 g/mol. The minimum atomic E-state index is -0.469. The lowest BCUT2D eigenvalue weighted by Gasteiger charge is -2.02. The summed E-state index contributed by atoms with van der Waals surface area (Å²) in [6, 6.07) is 3.31. The molecule has 0 aromatic heterocycles. The van der Waals surface area contributed by atoms with Crippen LogP contribution in [0.25, 0.3) is 0 Å². The zero-order valence-corrected chi connectivity index (χ0v) is 8.61. The zero-order chi connectivity index (χ0) is 10.8. The second kappa shape index (κ2) is 4.14. The van der Waals surface area contributed by atoms with Crippen LogP contribution in [-0.4, -0.2) is 5.78 Å². The number of rotatable bonds is 2. The summed E-state index contributed by atoms with van der Waals surface area (Å²) in [5, 5.41) is 0. The fraction of sp³-hybridized carbons (Fsp3) is 0.182. The van der Waals surface area contributed by atoms with Crippen molar-refractivity contribution in [1.29, 1.82) is 0 Å². The smallest absolute Gasteiger partial charge is 0.156 e. The van der Waals surface area contributed by atoms with Crippen molar-refractivity contribution in [3.8, 4) is 0 Å². The molecule has 1 aromatic rings. The zero-order valence-electron chi connectivity index (χ0n) is 7.80. The molecule has 0 heterocycles. The topological polar surface area (TPSA) is 17.1 Å². The van der Waals surface area contributed by atoms with Crippen molar-refractivity contribution in [3.05, 3.63) is 40.8 Å². The minimum Gasteiger partial charge on any atom is -0.295 e. The fourth-order valence-electron chi connectivity index (χ4n) is 1.35. The van der Waals surface area contributed by atoms with Crippen LogP contribution < -0.4 is 0 Å². The Bertz CT molecular complexity index is 440. The van der Waals surface area contributed by atoms with E-state index in [1.54, 1.807) is 0 Å². The van der Waals surface area contributed by atoms with Gasteiger partial charge in [0, 0.05) is 6.42 Å². The third-order valence-corrected chi connectivity index (χ3v) is 3.19. The molecule has 1 aromatic carbocycles. The number of allylic oxidation sites excluding steroid dienone is 2. The highest BCUT2D eigenvalue weighted by atomic mass is 32.2. The van der Waals surface area contributed by atoms with Crippen LogP contribution in [0.1, 0.15) is 12.8 Å². The first-order valence-corrected chi connectivity index (χ1v) is 5.33. The van der Waals surface area contributed by atoms with Gasteiger partial charge in [-0.2, -0.15) is 0 Å². The molecule has 0 atom stereocenters. The molecule has 0 radical (unpaired) electrons. The SMILES string of the molecule is O=C1C=C(Sc2cc(F)ccc2F)CC1. The maximum atomic E-state index is 13.2. The predicted octanol–water partition coefficient (Wildman–Crippen LogP) is 3.30. The summed E-state index contributed by atoms with van der Waals surface area (Å²) in [6.07, 6.45) is 2.59. The van der Waals surface area contributed by atoms with Crippen LogP contribution in [0, 0.1) is 11.6 Å². The minimum absolute atomic E-state index is 0.0503. The molecule has 2 rings (SSSR count). The molecule has 0 N–H and O–H groups in total. The van der Waals surface area contributed by atoms with E-state index in [0.717, 1.165) is 34.9 Å². The Balaban J connectivity index is 2.20. The Kier molecular flexibility index (Phi) is 2.86. The number of benzene rings is 1. The van der Waals surface area contributed by atoms with E-state index < -0.39 is 11.6 Å². The number of thioether (sulfide) groups is 1. The van der Waals surface area contributed by atoms with E-state index >= 15 is 0 Å². The van der Waals surface area contributed by atoms with Gasteiger partial charge >= 0.3 is 0 Å². The van der Waals surface area contributed by atoms with E-state index in [4.69, 9.17) is 0 Å². The molecule has 4 heteroatoms. The first-order valence-electron chi connectivity index (χ1n) is 4.51. The van der Waals surface area contributed by atoms with E-state index in [9.17, 15) is 13.6 Å². The maximum Gasteiger partial charge on any atom is 0.156 e. The average molecular weight is 226 g/mol. The Morgan fingerprint density at radius 1 is 1.20 bits per heavy atom. The van der Waals surface area contributed by atoms with E-state index in [1.807, 2.05) is 0 Å². The average Bonchev–Trinajstić information content (AvgIpc) is 2.58. The van der Waals surface area contributed by atoms with Crippen LogP contribution in [0.4, 0.5) is 8.78 Å². The number of ketones is 1. The maximum absolute atomic E-state index is 13.2. The largest absolute Gasteiger partial charge is 0.295 e. The standard InChI is InChI=1S/C11H8F2OS/c12-7-1-4-10(13)11(5-7)15-9-3-2-8(14)6-9/h1,4-6H,2-3H2. The van der Waals surface area contributed by atoms with Crippen LogP contribution in [-0.2, 0) is 4.79 Å². The van der Waals surface area contributed by atoms with Gasteiger partial charge in [0.05, 0.1) is 4.90 Å². The van der Waals surface area contributed by atoms with Gasteiger partial charge in [0.1, 0.15) is 11.6 Å². The van der Waals surface area contributed by atoms with Crippen molar-refractivity contribution >= 4 is 17.5 Å². The second-order valence-electron chi connectivity index (χ2n) is 3.25. The molecule has 0 bridgehead atoms. The molecule has 0 saturated heterocycles. The van der Waals surface area contributed by atoms with E-state index in [2.05, 4.69) is 0 Å². The first-order chi connectivity index (χ1) is 7.15. The Morgan fingerprint density at radius 2 is 2.00 bits per heavy atom. The molecule has 0 aliphatic heterocycles. The van der Waals surface area contributed by atoms with Crippen LogP contribution in [0.5, 0.6) is 0 Å².